The van der Waals surface area contributed by atoms with Crippen molar-refractivity contribution in [3.8, 4) is 17.6 Å². The van der Waals surface area contributed by atoms with Crippen molar-refractivity contribution >= 4 is 0 Å². The number of nitrogens with zero attached hydrogens (tertiary/aromatic N) is 1. The predicted octanol–water partition coefficient (Wildman–Crippen LogP) is 2.98. The first-order valence-electron chi connectivity index (χ1n) is 5.31. The second-order valence-corrected chi connectivity index (χ2v) is 3.63. The fraction of sp³-hybridized carbons (Fsp3) is 0.0714. The zero-order valence-corrected chi connectivity index (χ0v) is 9.43. The van der Waals surface area contributed by atoms with Crippen LogP contribution < -0.4 is 4.74 Å². The number of nitriles is 1. The van der Waals surface area contributed by atoms with Crippen molar-refractivity contribution in [2.75, 3.05) is 0 Å². The molecule has 0 unspecified atom stereocenters. The van der Waals surface area contributed by atoms with Crippen LogP contribution in [-0.2, 0) is 6.61 Å². The average molecular weight is 243 g/mol. The quantitative estimate of drug-likeness (QED) is 0.901. The van der Waals surface area contributed by atoms with E-state index in [1.165, 1.54) is 12.1 Å². The number of aliphatic hydroxyl groups is 1. The molecule has 90 valence electrons. The van der Waals surface area contributed by atoms with Gasteiger partial charge in [0.25, 0.3) is 0 Å². The Morgan fingerprint density at radius 1 is 1.17 bits per heavy atom. The maximum Gasteiger partial charge on any atom is 0.166 e. The molecule has 0 aliphatic heterocycles. The van der Waals surface area contributed by atoms with Crippen LogP contribution in [0.2, 0.25) is 0 Å². The molecule has 4 heteroatoms. The summed E-state index contributed by atoms with van der Waals surface area (Å²) in [6.45, 7) is -0.230. The highest BCUT2D eigenvalue weighted by molar-refractivity contribution is 5.45. The van der Waals surface area contributed by atoms with E-state index in [9.17, 15) is 4.39 Å². The van der Waals surface area contributed by atoms with Crippen molar-refractivity contribution in [2.45, 2.75) is 6.61 Å². The first-order valence-corrected chi connectivity index (χ1v) is 5.31. The Balaban J connectivity index is 2.32. The van der Waals surface area contributed by atoms with Gasteiger partial charge < -0.3 is 9.84 Å². The molecule has 0 spiro atoms. The minimum Gasteiger partial charge on any atom is -0.453 e. The minimum absolute atomic E-state index is 0.0231. The number of benzene rings is 2. The molecule has 0 aromatic heterocycles. The summed E-state index contributed by atoms with van der Waals surface area (Å²) in [5.74, 6) is -0.250. The van der Waals surface area contributed by atoms with Crippen LogP contribution >= 0.6 is 0 Å². The summed E-state index contributed by atoms with van der Waals surface area (Å²) in [5, 5.41) is 17.8. The summed E-state index contributed by atoms with van der Waals surface area (Å²) in [6, 6.07) is 12.8. The van der Waals surface area contributed by atoms with E-state index in [1.807, 2.05) is 6.07 Å². The molecular weight excluding hydrogens is 233 g/mol. The lowest BCUT2D eigenvalue weighted by atomic mass is 10.2. The molecule has 0 atom stereocenters. The van der Waals surface area contributed by atoms with Gasteiger partial charge in [-0.05, 0) is 29.8 Å². The maximum absolute atomic E-state index is 13.6. The van der Waals surface area contributed by atoms with E-state index in [0.717, 1.165) is 0 Å². The van der Waals surface area contributed by atoms with Gasteiger partial charge in [0.1, 0.15) is 11.8 Å². The van der Waals surface area contributed by atoms with Gasteiger partial charge in [-0.1, -0.05) is 18.2 Å². The number of para-hydroxylation sites is 1. The molecular formula is C14H10FNO2. The number of ether oxygens (including phenoxy) is 1. The van der Waals surface area contributed by atoms with E-state index in [1.54, 1.807) is 30.3 Å². The summed E-state index contributed by atoms with van der Waals surface area (Å²) in [4.78, 5) is 0. The fourth-order valence-corrected chi connectivity index (χ4v) is 1.49. The van der Waals surface area contributed by atoms with E-state index in [2.05, 4.69) is 0 Å². The van der Waals surface area contributed by atoms with Crippen molar-refractivity contribution < 1.29 is 14.2 Å². The molecule has 0 heterocycles. The molecule has 0 amide bonds. The SMILES string of the molecule is N#Cc1ccccc1Oc1ccc(CO)cc1F. The van der Waals surface area contributed by atoms with Gasteiger partial charge in [-0.15, -0.1) is 0 Å². The number of rotatable bonds is 3. The lowest BCUT2D eigenvalue weighted by Crippen LogP contribution is -1.93. The Hall–Kier alpha value is -2.38. The Labute approximate surface area is 104 Å². The predicted molar refractivity (Wildman–Crippen MR) is 63.6 cm³/mol. The number of hydrogen-bond acceptors (Lipinski definition) is 3. The van der Waals surface area contributed by atoms with E-state index < -0.39 is 5.82 Å². The third kappa shape index (κ3) is 2.47. The van der Waals surface area contributed by atoms with Crippen LogP contribution in [-0.4, -0.2) is 5.11 Å². The smallest absolute Gasteiger partial charge is 0.166 e. The van der Waals surface area contributed by atoms with E-state index >= 15 is 0 Å². The van der Waals surface area contributed by atoms with Crippen LogP contribution in [0.4, 0.5) is 4.39 Å². The molecule has 0 aliphatic rings. The Bertz CT molecular complexity index is 605. The van der Waals surface area contributed by atoms with E-state index in [4.69, 9.17) is 15.1 Å². The van der Waals surface area contributed by atoms with E-state index in [-0.39, 0.29) is 12.4 Å². The summed E-state index contributed by atoms with van der Waals surface area (Å²) in [5.41, 5.74) is 0.802. The highest BCUT2D eigenvalue weighted by atomic mass is 19.1. The van der Waals surface area contributed by atoms with Crippen LogP contribution in [0.25, 0.3) is 0 Å². The molecule has 0 saturated carbocycles. The number of hydrogen-bond donors (Lipinski definition) is 1. The number of halogens is 1. The van der Waals surface area contributed by atoms with Crippen molar-refractivity contribution in [3.05, 3.63) is 59.4 Å². The molecule has 0 aliphatic carbocycles. The molecule has 0 bridgehead atoms. The van der Waals surface area contributed by atoms with Gasteiger partial charge in [0, 0.05) is 0 Å². The topological polar surface area (TPSA) is 53.2 Å². The zero-order valence-electron chi connectivity index (χ0n) is 9.43. The first-order chi connectivity index (χ1) is 8.74. The molecule has 3 nitrogen and oxygen atoms in total. The summed E-state index contributed by atoms with van der Waals surface area (Å²) < 4.78 is 19.0. The molecule has 18 heavy (non-hydrogen) atoms. The molecule has 2 rings (SSSR count). The third-order valence-electron chi connectivity index (χ3n) is 2.41. The van der Waals surface area contributed by atoms with Crippen molar-refractivity contribution in [1.29, 1.82) is 5.26 Å². The second-order valence-electron chi connectivity index (χ2n) is 3.63. The van der Waals surface area contributed by atoms with Gasteiger partial charge in [0.05, 0.1) is 12.2 Å². The van der Waals surface area contributed by atoms with Gasteiger partial charge in [0.15, 0.2) is 11.6 Å². The van der Waals surface area contributed by atoms with Gasteiger partial charge in [-0.3, -0.25) is 0 Å². The van der Waals surface area contributed by atoms with Crippen LogP contribution in [0.5, 0.6) is 11.5 Å². The van der Waals surface area contributed by atoms with E-state index in [0.29, 0.717) is 16.9 Å². The lowest BCUT2D eigenvalue weighted by Gasteiger charge is -2.08. The number of aliphatic hydroxyl groups excluding tert-OH is 1. The summed E-state index contributed by atoms with van der Waals surface area (Å²) in [7, 11) is 0. The van der Waals surface area contributed by atoms with Crippen LogP contribution in [0, 0.1) is 17.1 Å². The molecule has 1 N–H and O–H groups in total. The lowest BCUT2D eigenvalue weighted by molar-refractivity contribution is 0.281. The zero-order chi connectivity index (χ0) is 13.0. The van der Waals surface area contributed by atoms with Crippen LogP contribution in [0.3, 0.4) is 0 Å². The summed E-state index contributed by atoms with van der Waals surface area (Å²) >= 11 is 0. The molecule has 0 saturated heterocycles. The van der Waals surface area contributed by atoms with Gasteiger partial charge in [-0.2, -0.15) is 5.26 Å². The Morgan fingerprint density at radius 3 is 2.61 bits per heavy atom. The van der Waals surface area contributed by atoms with Crippen molar-refractivity contribution in [1.82, 2.24) is 0 Å². The largest absolute Gasteiger partial charge is 0.453 e. The third-order valence-corrected chi connectivity index (χ3v) is 2.41. The second kappa shape index (κ2) is 5.30. The van der Waals surface area contributed by atoms with Gasteiger partial charge in [-0.25, -0.2) is 4.39 Å². The molecule has 2 aromatic carbocycles. The van der Waals surface area contributed by atoms with Crippen LogP contribution in [0.1, 0.15) is 11.1 Å². The molecule has 0 fully saturated rings. The van der Waals surface area contributed by atoms with Gasteiger partial charge >= 0.3 is 0 Å². The van der Waals surface area contributed by atoms with Crippen molar-refractivity contribution in [3.63, 3.8) is 0 Å². The minimum atomic E-state index is -0.575. The standard InChI is InChI=1S/C14H10FNO2/c15-12-7-10(9-17)5-6-14(12)18-13-4-2-1-3-11(13)8-16/h1-7,17H,9H2. The molecule has 0 radical (unpaired) electrons. The van der Waals surface area contributed by atoms with Gasteiger partial charge in [0.2, 0.25) is 0 Å². The Kier molecular flexibility index (Phi) is 3.56. The van der Waals surface area contributed by atoms with Crippen LogP contribution in [0.15, 0.2) is 42.5 Å². The maximum atomic E-state index is 13.6. The average Bonchev–Trinajstić information content (AvgIpc) is 2.41. The fourth-order valence-electron chi connectivity index (χ4n) is 1.49. The monoisotopic (exact) mass is 243 g/mol. The normalized spacial score (nSPS) is 9.83. The molecule has 2 aromatic rings. The highest BCUT2D eigenvalue weighted by Crippen LogP contribution is 2.27. The first kappa shape index (κ1) is 12.1. The summed E-state index contributed by atoms with van der Waals surface area (Å²) in [6.07, 6.45) is 0. The Morgan fingerprint density at radius 2 is 1.94 bits per heavy atom. The highest BCUT2D eigenvalue weighted by Gasteiger charge is 2.08. The van der Waals surface area contributed by atoms with Crippen molar-refractivity contribution in [2.24, 2.45) is 0 Å².